The minimum Gasteiger partial charge on any atom is -0.326 e. The predicted octanol–water partition coefficient (Wildman–Crippen LogP) is 4.34. The van der Waals surface area contributed by atoms with Crippen LogP contribution in [0.15, 0.2) is 54.7 Å². The molecule has 0 aliphatic heterocycles. The quantitative estimate of drug-likeness (QED) is 0.728. The van der Waals surface area contributed by atoms with Crippen molar-refractivity contribution in [3.05, 3.63) is 65.9 Å². The molecule has 0 saturated carbocycles. The van der Waals surface area contributed by atoms with E-state index in [1.54, 1.807) is 6.20 Å². The van der Waals surface area contributed by atoms with Gasteiger partial charge < -0.3 is 5.32 Å². The highest BCUT2D eigenvalue weighted by Gasteiger charge is 2.05. The van der Waals surface area contributed by atoms with E-state index in [1.807, 2.05) is 24.3 Å². The molecule has 122 valence electrons. The number of aromatic nitrogens is 2. The van der Waals surface area contributed by atoms with E-state index in [9.17, 15) is 4.79 Å². The molecule has 2 aromatic carbocycles. The highest BCUT2D eigenvalue weighted by Crippen LogP contribution is 2.23. The maximum Gasteiger partial charge on any atom is 0.224 e. The minimum absolute atomic E-state index is 0.0294. The second-order valence-electron chi connectivity index (χ2n) is 5.58. The Morgan fingerprint density at radius 3 is 2.38 bits per heavy atom. The minimum atomic E-state index is 0.0294. The standard InChI is InChI=1S/C19H19N3OS/c1-2-14-3-5-15(6-4-14)7-12-19(23)21-17-10-8-16(9-11-17)18-13-20-22-24-18/h3-6,8-11,13H,2,7,12H2,1H3,(H,21,23). The molecule has 1 heterocycles. The van der Waals surface area contributed by atoms with Gasteiger partial charge in [-0.1, -0.05) is 47.8 Å². The second-order valence-corrected chi connectivity index (χ2v) is 6.36. The van der Waals surface area contributed by atoms with Crippen LogP contribution in [0.2, 0.25) is 0 Å². The summed E-state index contributed by atoms with van der Waals surface area (Å²) in [4.78, 5) is 13.1. The zero-order valence-electron chi connectivity index (χ0n) is 13.5. The molecule has 0 radical (unpaired) electrons. The molecule has 0 bridgehead atoms. The number of benzene rings is 2. The number of carbonyl (C=O) groups is 1. The molecule has 4 nitrogen and oxygen atoms in total. The van der Waals surface area contributed by atoms with Crippen LogP contribution >= 0.6 is 11.5 Å². The SMILES string of the molecule is CCc1ccc(CCC(=O)Nc2ccc(-c3cnns3)cc2)cc1. The fraction of sp³-hybridized carbons (Fsp3) is 0.211. The fourth-order valence-corrected chi connectivity index (χ4v) is 2.95. The first-order valence-corrected chi connectivity index (χ1v) is 8.77. The summed E-state index contributed by atoms with van der Waals surface area (Å²) in [6.45, 7) is 2.14. The highest BCUT2D eigenvalue weighted by atomic mass is 32.1. The normalized spacial score (nSPS) is 10.5. The lowest BCUT2D eigenvalue weighted by molar-refractivity contribution is -0.116. The lowest BCUT2D eigenvalue weighted by Crippen LogP contribution is -2.12. The van der Waals surface area contributed by atoms with Crippen LogP contribution in [-0.4, -0.2) is 15.5 Å². The number of nitrogens with one attached hydrogen (secondary N) is 1. The Bertz CT molecular complexity index is 780. The van der Waals surface area contributed by atoms with E-state index in [-0.39, 0.29) is 5.91 Å². The van der Waals surface area contributed by atoms with Crippen LogP contribution in [0.25, 0.3) is 10.4 Å². The molecule has 0 spiro atoms. The van der Waals surface area contributed by atoms with Crippen molar-refractivity contribution in [2.45, 2.75) is 26.2 Å². The van der Waals surface area contributed by atoms with Crippen molar-refractivity contribution in [1.82, 2.24) is 9.59 Å². The summed E-state index contributed by atoms with van der Waals surface area (Å²) in [5.74, 6) is 0.0294. The lowest BCUT2D eigenvalue weighted by Gasteiger charge is -2.06. The number of amides is 1. The lowest BCUT2D eigenvalue weighted by atomic mass is 10.1. The Balaban J connectivity index is 1.52. The molecule has 0 saturated heterocycles. The zero-order valence-corrected chi connectivity index (χ0v) is 14.3. The first-order chi connectivity index (χ1) is 11.7. The molecule has 0 atom stereocenters. The van der Waals surface area contributed by atoms with Gasteiger partial charge in [0.2, 0.25) is 5.91 Å². The number of anilines is 1. The van der Waals surface area contributed by atoms with Crippen molar-refractivity contribution in [2.75, 3.05) is 5.32 Å². The molecule has 1 aromatic heterocycles. The number of aryl methyl sites for hydroxylation is 2. The molecule has 0 aliphatic rings. The Morgan fingerprint density at radius 2 is 1.75 bits per heavy atom. The average molecular weight is 337 g/mol. The van der Waals surface area contributed by atoms with Gasteiger partial charge in [0.1, 0.15) is 0 Å². The van der Waals surface area contributed by atoms with Gasteiger partial charge in [-0.3, -0.25) is 4.79 Å². The monoisotopic (exact) mass is 337 g/mol. The molecule has 0 unspecified atom stereocenters. The molecule has 0 aliphatic carbocycles. The molecule has 0 fully saturated rings. The third-order valence-corrected chi connectivity index (χ3v) is 4.60. The summed E-state index contributed by atoms with van der Waals surface area (Å²) >= 11 is 1.36. The average Bonchev–Trinajstić information content (AvgIpc) is 3.16. The van der Waals surface area contributed by atoms with Gasteiger partial charge in [-0.2, -0.15) is 0 Å². The number of hydrogen-bond donors (Lipinski definition) is 1. The highest BCUT2D eigenvalue weighted by molar-refractivity contribution is 7.09. The van der Waals surface area contributed by atoms with Crippen molar-refractivity contribution in [3.63, 3.8) is 0 Å². The molecular formula is C19H19N3OS. The van der Waals surface area contributed by atoms with Crippen LogP contribution in [0.3, 0.4) is 0 Å². The summed E-state index contributed by atoms with van der Waals surface area (Å²) in [6, 6.07) is 16.2. The van der Waals surface area contributed by atoms with Crippen LogP contribution in [0, 0.1) is 0 Å². The second kappa shape index (κ2) is 7.84. The van der Waals surface area contributed by atoms with Crippen molar-refractivity contribution in [3.8, 4) is 10.4 Å². The molecule has 1 amide bonds. The number of hydrogen-bond acceptors (Lipinski definition) is 4. The summed E-state index contributed by atoms with van der Waals surface area (Å²) < 4.78 is 3.86. The van der Waals surface area contributed by atoms with Gasteiger partial charge in [0.15, 0.2) is 0 Å². The van der Waals surface area contributed by atoms with E-state index in [2.05, 4.69) is 46.1 Å². The van der Waals surface area contributed by atoms with E-state index in [0.29, 0.717) is 6.42 Å². The van der Waals surface area contributed by atoms with Crippen molar-refractivity contribution >= 4 is 23.1 Å². The summed E-state index contributed by atoms with van der Waals surface area (Å²) in [5, 5.41) is 6.77. The van der Waals surface area contributed by atoms with Gasteiger partial charge in [0.25, 0.3) is 0 Å². The molecule has 1 N–H and O–H groups in total. The van der Waals surface area contributed by atoms with E-state index >= 15 is 0 Å². The number of nitrogens with zero attached hydrogens (tertiary/aromatic N) is 2. The first-order valence-electron chi connectivity index (χ1n) is 8.00. The maximum absolute atomic E-state index is 12.1. The molecule has 24 heavy (non-hydrogen) atoms. The molecule has 5 heteroatoms. The largest absolute Gasteiger partial charge is 0.326 e. The van der Waals surface area contributed by atoms with E-state index in [0.717, 1.165) is 29.0 Å². The van der Waals surface area contributed by atoms with Crippen molar-refractivity contribution in [1.29, 1.82) is 0 Å². The summed E-state index contributed by atoms with van der Waals surface area (Å²) in [6.07, 6.45) is 4.00. The zero-order chi connectivity index (χ0) is 16.8. The van der Waals surface area contributed by atoms with Gasteiger partial charge >= 0.3 is 0 Å². The van der Waals surface area contributed by atoms with E-state index in [1.165, 1.54) is 22.7 Å². The van der Waals surface area contributed by atoms with Crippen LogP contribution in [0.1, 0.15) is 24.5 Å². The Hall–Kier alpha value is -2.53. The topological polar surface area (TPSA) is 54.9 Å². The van der Waals surface area contributed by atoms with Crippen LogP contribution < -0.4 is 5.32 Å². The Kier molecular flexibility index (Phi) is 5.33. The summed E-state index contributed by atoms with van der Waals surface area (Å²) in [5.41, 5.74) is 4.37. The number of carbonyl (C=O) groups excluding carboxylic acids is 1. The molecule has 3 rings (SSSR count). The van der Waals surface area contributed by atoms with E-state index < -0.39 is 0 Å². The smallest absolute Gasteiger partial charge is 0.224 e. The Morgan fingerprint density at radius 1 is 1.04 bits per heavy atom. The predicted molar refractivity (Wildman–Crippen MR) is 98.1 cm³/mol. The van der Waals surface area contributed by atoms with Gasteiger partial charge in [-0.05, 0) is 53.2 Å². The Labute approximate surface area is 145 Å². The van der Waals surface area contributed by atoms with Gasteiger partial charge in [-0.25, -0.2) is 0 Å². The third kappa shape index (κ3) is 4.26. The van der Waals surface area contributed by atoms with Gasteiger partial charge in [0.05, 0.1) is 11.1 Å². The third-order valence-electron chi connectivity index (χ3n) is 3.89. The van der Waals surface area contributed by atoms with E-state index in [4.69, 9.17) is 0 Å². The number of rotatable bonds is 6. The van der Waals surface area contributed by atoms with Crippen LogP contribution in [-0.2, 0) is 17.6 Å². The van der Waals surface area contributed by atoms with Crippen molar-refractivity contribution in [2.24, 2.45) is 0 Å². The van der Waals surface area contributed by atoms with Gasteiger partial charge in [-0.15, -0.1) is 5.10 Å². The van der Waals surface area contributed by atoms with Crippen LogP contribution in [0.4, 0.5) is 5.69 Å². The maximum atomic E-state index is 12.1. The van der Waals surface area contributed by atoms with Crippen molar-refractivity contribution < 1.29 is 4.79 Å². The summed E-state index contributed by atoms with van der Waals surface area (Å²) in [7, 11) is 0. The molecule has 3 aromatic rings. The van der Waals surface area contributed by atoms with Gasteiger partial charge in [0, 0.05) is 12.1 Å². The fourth-order valence-electron chi connectivity index (χ4n) is 2.44. The first kappa shape index (κ1) is 16.3. The van der Waals surface area contributed by atoms with Crippen LogP contribution in [0.5, 0.6) is 0 Å². The molecular weight excluding hydrogens is 318 g/mol.